The van der Waals surface area contributed by atoms with E-state index in [4.69, 9.17) is 5.11 Å². The minimum atomic E-state index is -4.73. The van der Waals surface area contributed by atoms with Crippen molar-refractivity contribution in [1.82, 2.24) is 0 Å². The molecule has 7 heteroatoms. The van der Waals surface area contributed by atoms with Crippen molar-refractivity contribution in [2.45, 2.75) is 115 Å². The summed E-state index contributed by atoms with van der Waals surface area (Å²) >= 11 is 0. The number of unbranched alkanes of at least 4 members (excludes halogenated alkanes) is 14. The van der Waals surface area contributed by atoms with Gasteiger partial charge in [0, 0.05) is 6.42 Å². The molecule has 0 bridgehead atoms. The maximum absolute atomic E-state index is 11.6. The normalized spacial score (nSPS) is 12.6. The van der Waals surface area contributed by atoms with E-state index in [0.29, 0.717) is 6.42 Å². The van der Waals surface area contributed by atoms with Crippen LogP contribution in [-0.2, 0) is 14.9 Å². The van der Waals surface area contributed by atoms with E-state index in [2.05, 4.69) is 6.92 Å². The van der Waals surface area contributed by atoms with Crippen LogP contribution in [0.1, 0.15) is 110 Å². The summed E-state index contributed by atoms with van der Waals surface area (Å²) in [6.45, 7) is 1.33. The Balaban J connectivity index is 0. The first-order valence-electron chi connectivity index (χ1n) is 10.5. The molecule has 0 aliphatic heterocycles. The van der Waals surface area contributed by atoms with E-state index in [-0.39, 0.29) is 36.0 Å². The van der Waals surface area contributed by atoms with Gasteiger partial charge in [-0.25, -0.2) is 8.42 Å². The second-order valence-corrected chi connectivity index (χ2v) is 8.88. The number of aliphatic hydroxyl groups excluding tert-OH is 1. The summed E-state index contributed by atoms with van der Waals surface area (Å²) in [6.07, 6.45) is 18.3. The second-order valence-electron chi connectivity index (χ2n) is 7.33. The first kappa shape index (κ1) is 29.7. The summed E-state index contributed by atoms with van der Waals surface area (Å²) in [6, 6.07) is 0. The summed E-state index contributed by atoms with van der Waals surface area (Å²) < 4.78 is 32.5. The maximum Gasteiger partial charge on any atom is 1.00 e. The minimum absolute atomic E-state index is 0. The van der Waals surface area contributed by atoms with Gasteiger partial charge in [0.15, 0.2) is 5.78 Å². The SMILES string of the molecule is CCCCCCCCCCCCCCCCCC(=O)C(CO)S(=O)(=O)[O-].[Na+]. The molecule has 0 aliphatic carbocycles. The summed E-state index contributed by atoms with van der Waals surface area (Å²) in [7, 11) is -4.73. The van der Waals surface area contributed by atoms with Gasteiger partial charge < -0.3 is 9.66 Å². The molecule has 1 atom stereocenters. The van der Waals surface area contributed by atoms with Gasteiger partial charge in [-0.2, -0.15) is 0 Å². The molecule has 0 aromatic rings. The third-order valence-corrected chi connectivity index (χ3v) is 6.01. The molecule has 0 aliphatic rings. The van der Waals surface area contributed by atoms with Crippen molar-refractivity contribution < 1.29 is 52.4 Å². The molecular weight excluding hydrogens is 375 g/mol. The van der Waals surface area contributed by atoms with Crippen molar-refractivity contribution in [3.05, 3.63) is 0 Å². The number of hydrogen-bond donors (Lipinski definition) is 1. The number of hydrogen-bond acceptors (Lipinski definition) is 5. The topological polar surface area (TPSA) is 94.5 Å². The van der Waals surface area contributed by atoms with E-state index in [1.165, 1.54) is 70.6 Å². The summed E-state index contributed by atoms with van der Waals surface area (Å²) in [4.78, 5) is 11.6. The van der Waals surface area contributed by atoms with Crippen LogP contribution in [0.2, 0.25) is 0 Å². The number of Topliss-reactive ketones (excluding diaryl/α,β-unsaturated/α-hetero) is 1. The summed E-state index contributed by atoms with van der Waals surface area (Å²) in [5.74, 6) is -0.655. The molecule has 0 aromatic carbocycles. The first-order valence-corrected chi connectivity index (χ1v) is 12.0. The standard InChI is InChI=1S/C20H40O5S.Na/c1-2-3-4-5-6-7-8-9-10-11-12-13-14-15-16-17-19(22)20(18-21)26(23,24)25;/h20-21H,2-18H2,1H3,(H,23,24,25);/q;+1/p-1. The van der Waals surface area contributed by atoms with Crippen molar-refractivity contribution in [1.29, 1.82) is 0 Å². The Labute approximate surface area is 189 Å². The van der Waals surface area contributed by atoms with Gasteiger partial charge in [-0.15, -0.1) is 0 Å². The number of ketones is 1. The fourth-order valence-corrected chi connectivity index (χ4v) is 3.81. The van der Waals surface area contributed by atoms with E-state index >= 15 is 0 Å². The zero-order chi connectivity index (χ0) is 19.7. The van der Waals surface area contributed by atoms with Crippen molar-refractivity contribution in [3.8, 4) is 0 Å². The Morgan fingerprint density at radius 2 is 1.11 bits per heavy atom. The van der Waals surface area contributed by atoms with Gasteiger partial charge in [-0.1, -0.05) is 96.8 Å². The van der Waals surface area contributed by atoms with Crippen LogP contribution in [0.15, 0.2) is 0 Å². The minimum Gasteiger partial charge on any atom is -0.747 e. The van der Waals surface area contributed by atoms with Gasteiger partial charge in [-0.05, 0) is 6.42 Å². The molecule has 0 heterocycles. The molecule has 0 saturated heterocycles. The van der Waals surface area contributed by atoms with Gasteiger partial charge in [0.1, 0.15) is 15.4 Å². The van der Waals surface area contributed by atoms with Gasteiger partial charge in [0.05, 0.1) is 6.61 Å². The van der Waals surface area contributed by atoms with Crippen LogP contribution in [-0.4, -0.2) is 35.7 Å². The van der Waals surface area contributed by atoms with Crippen LogP contribution in [0, 0.1) is 0 Å². The predicted molar refractivity (Wildman–Crippen MR) is 105 cm³/mol. The average molecular weight is 415 g/mol. The van der Waals surface area contributed by atoms with Crippen LogP contribution in [0.25, 0.3) is 0 Å². The van der Waals surface area contributed by atoms with E-state index in [9.17, 15) is 17.8 Å². The average Bonchev–Trinajstić information content (AvgIpc) is 2.57. The van der Waals surface area contributed by atoms with Gasteiger partial charge in [0.2, 0.25) is 0 Å². The fraction of sp³-hybridized carbons (Fsp3) is 0.950. The Kier molecular flexibility index (Phi) is 21.9. The molecule has 156 valence electrons. The molecule has 0 radical (unpaired) electrons. The predicted octanol–water partition coefficient (Wildman–Crippen LogP) is 1.73. The second kappa shape index (κ2) is 19.8. The van der Waals surface area contributed by atoms with Crippen molar-refractivity contribution in [2.75, 3.05) is 6.61 Å². The Morgan fingerprint density at radius 1 is 0.778 bits per heavy atom. The van der Waals surface area contributed by atoms with Gasteiger partial charge in [0.25, 0.3) is 0 Å². The monoisotopic (exact) mass is 414 g/mol. The number of aliphatic hydroxyl groups is 1. The smallest absolute Gasteiger partial charge is 0.747 e. The number of carbonyl (C=O) groups is 1. The Bertz CT molecular complexity index is 440. The van der Waals surface area contributed by atoms with E-state index in [0.717, 1.165) is 19.3 Å². The fourth-order valence-electron chi connectivity index (χ4n) is 3.19. The molecule has 1 unspecified atom stereocenters. The molecule has 1 N–H and O–H groups in total. The zero-order valence-corrected chi connectivity index (χ0v) is 20.4. The maximum atomic E-state index is 11.6. The van der Waals surface area contributed by atoms with Crippen LogP contribution in [0.4, 0.5) is 0 Å². The Hall–Kier alpha value is 0.540. The zero-order valence-electron chi connectivity index (χ0n) is 17.6. The van der Waals surface area contributed by atoms with Crippen LogP contribution in [0.5, 0.6) is 0 Å². The molecular formula is C20H39NaO5S. The van der Waals surface area contributed by atoms with Gasteiger partial charge in [-0.3, -0.25) is 4.79 Å². The molecule has 0 fully saturated rings. The van der Waals surface area contributed by atoms with Crippen LogP contribution < -0.4 is 29.6 Å². The largest absolute Gasteiger partial charge is 1.00 e. The molecule has 5 nitrogen and oxygen atoms in total. The molecule has 0 rings (SSSR count). The third kappa shape index (κ3) is 18.3. The van der Waals surface area contributed by atoms with E-state index in [1.807, 2.05) is 0 Å². The first-order chi connectivity index (χ1) is 12.4. The van der Waals surface area contributed by atoms with Crippen LogP contribution in [0.3, 0.4) is 0 Å². The third-order valence-electron chi connectivity index (χ3n) is 4.90. The van der Waals surface area contributed by atoms with E-state index in [1.54, 1.807) is 0 Å². The quantitative estimate of drug-likeness (QED) is 0.197. The van der Waals surface area contributed by atoms with E-state index < -0.39 is 27.8 Å². The molecule has 0 amide bonds. The number of rotatable bonds is 19. The van der Waals surface area contributed by atoms with Gasteiger partial charge >= 0.3 is 29.6 Å². The molecule has 27 heavy (non-hydrogen) atoms. The molecule has 0 aromatic heterocycles. The molecule has 0 saturated carbocycles. The van der Waals surface area contributed by atoms with Crippen molar-refractivity contribution in [2.24, 2.45) is 0 Å². The number of carbonyl (C=O) groups excluding carboxylic acids is 1. The molecule has 0 spiro atoms. The Morgan fingerprint density at radius 3 is 1.41 bits per heavy atom. The van der Waals surface area contributed by atoms with Crippen molar-refractivity contribution >= 4 is 15.9 Å². The summed E-state index contributed by atoms with van der Waals surface area (Å²) in [5, 5.41) is 7.07. The summed E-state index contributed by atoms with van der Waals surface area (Å²) in [5.41, 5.74) is 0. The van der Waals surface area contributed by atoms with Crippen LogP contribution >= 0.6 is 0 Å². The van der Waals surface area contributed by atoms with Crippen molar-refractivity contribution in [3.63, 3.8) is 0 Å².